The molecule has 1 aliphatic heterocycles. The number of hydrogen-bond acceptors (Lipinski definition) is 4. The maximum atomic E-state index is 11.1. The van der Waals surface area contributed by atoms with Gasteiger partial charge in [0.25, 0.3) is 5.69 Å². The molecular formula is C13H17Cl2N3O2. The second-order valence-corrected chi connectivity index (χ2v) is 5.92. The summed E-state index contributed by atoms with van der Waals surface area (Å²) in [6.45, 7) is 2.75. The van der Waals surface area contributed by atoms with Gasteiger partial charge in [-0.1, -0.05) is 23.2 Å². The second-order valence-electron chi connectivity index (χ2n) is 5.11. The molecule has 1 unspecified atom stereocenters. The zero-order valence-electron chi connectivity index (χ0n) is 11.2. The lowest BCUT2D eigenvalue weighted by Crippen LogP contribution is -2.37. The van der Waals surface area contributed by atoms with Crippen LogP contribution in [0.1, 0.15) is 12.8 Å². The molecule has 0 amide bonds. The van der Waals surface area contributed by atoms with E-state index < -0.39 is 4.92 Å². The minimum absolute atomic E-state index is 0.00864. The van der Waals surface area contributed by atoms with E-state index in [0.717, 1.165) is 32.5 Å². The fourth-order valence-corrected chi connectivity index (χ4v) is 2.86. The van der Waals surface area contributed by atoms with Crippen LogP contribution in [0.2, 0.25) is 10.0 Å². The van der Waals surface area contributed by atoms with E-state index in [-0.39, 0.29) is 10.7 Å². The van der Waals surface area contributed by atoms with Gasteiger partial charge < -0.3 is 10.2 Å². The maximum Gasteiger partial charge on any atom is 0.294 e. The van der Waals surface area contributed by atoms with Gasteiger partial charge in [-0.05, 0) is 37.9 Å². The van der Waals surface area contributed by atoms with Crippen molar-refractivity contribution in [2.24, 2.45) is 5.92 Å². The number of nitro groups is 1. The van der Waals surface area contributed by atoms with Gasteiger partial charge in [-0.2, -0.15) is 0 Å². The molecule has 1 atom stereocenters. The normalized spacial score (nSPS) is 18.9. The number of hydrogen-bond donors (Lipinski definition) is 1. The Morgan fingerprint density at radius 1 is 1.45 bits per heavy atom. The van der Waals surface area contributed by atoms with Crippen molar-refractivity contribution in [1.29, 1.82) is 0 Å². The Bertz CT molecular complexity index is 505. The van der Waals surface area contributed by atoms with Crippen LogP contribution in [0.4, 0.5) is 11.4 Å². The van der Waals surface area contributed by atoms with E-state index in [9.17, 15) is 10.1 Å². The molecule has 0 bridgehead atoms. The predicted molar refractivity (Wildman–Crippen MR) is 82.0 cm³/mol. The Kier molecular flexibility index (Phi) is 5.07. The van der Waals surface area contributed by atoms with Crippen LogP contribution in [-0.2, 0) is 0 Å². The van der Waals surface area contributed by atoms with Gasteiger partial charge in [-0.25, -0.2) is 0 Å². The molecule has 1 fully saturated rings. The number of anilines is 1. The molecule has 1 aliphatic rings. The van der Waals surface area contributed by atoms with Crippen LogP contribution in [0, 0.1) is 16.0 Å². The highest BCUT2D eigenvalue weighted by Crippen LogP contribution is 2.36. The molecule has 1 aromatic carbocycles. The molecule has 110 valence electrons. The van der Waals surface area contributed by atoms with Crippen LogP contribution in [0.15, 0.2) is 12.1 Å². The summed E-state index contributed by atoms with van der Waals surface area (Å²) in [4.78, 5) is 12.6. The number of nitro benzene ring substituents is 1. The number of benzene rings is 1. The van der Waals surface area contributed by atoms with Gasteiger partial charge >= 0.3 is 0 Å². The molecule has 1 aromatic rings. The van der Waals surface area contributed by atoms with Gasteiger partial charge in [0.2, 0.25) is 0 Å². The summed E-state index contributed by atoms with van der Waals surface area (Å²) in [6, 6.07) is 2.88. The molecule has 0 aliphatic carbocycles. The van der Waals surface area contributed by atoms with Gasteiger partial charge in [-0.15, -0.1) is 0 Å². The standard InChI is InChI=1S/C13H17Cl2N3O2/c1-17(8-9-3-2-4-16-7-9)12-5-10(14)11(15)6-13(12)18(19)20/h5-6,9,16H,2-4,7-8H2,1H3. The summed E-state index contributed by atoms with van der Waals surface area (Å²) in [5.74, 6) is 0.489. The molecule has 7 heteroatoms. The van der Waals surface area contributed by atoms with E-state index in [2.05, 4.69) is 5.32 Å². The van der Waals surface area contributed by atoms with E-state index in [1.807, 2.05) is 11.9 Å². The summed E-state index contributed by atoms with van der Waals surface area (Å²) in [7, 11) is 1.85. The first-order chi connectivity index (χ1) is 9.49. The average Bonchev–Trinajstić information content (AvgIpc) is 2.42. The quantitative estimate of drug-likeness (QED) is 0.683. The van der Waals surface area contributed by atoms with Crippen molar-refractivity contribution in [2.75, 3.05) is 31.6 Å². The van der Waals surface area contributed by atoms with Crippen LogP contribution in [-0.4, -0.2) is 31.6 Å². The Morgan fingerprint density at radius 3 is 2.75 bits per heavy atom. The van der Waals surface area contributed by atoms with Crippen molar-refractivity contribution in [3.63, 3.8) is 0 Å². The molecule has 5 nitrogen and oxygen atoms in total. The summed E-state index contributed by atoms with van der Waals surface area (Å²) < 4.78 is 0. The number of piperidine rings is 1. The van der Waals surface area contributed by atoms with Crippen LogP contribution >= 0.6 is 23.2 Å². The van der Waals surface area contributed by atoms with Crippen LogP contribution < -0.4 is 10.2 Å². The number of halogens is 2. The highest BCUT2D eigenvalue weighted by atomic mass is 35.5. The SMILES string of the molecule is CN(CC1CCCNC1)c1cc(Cl)c(Cl)cc1[N+](=O)[O-]. The third-order valence-corrected chi connectivity index (χ3v) is 4.28. The van der Waals surface area contributed by atoms with Crippen molar-refractivity contribution < 1.29 is 4.92 Å². The van der Waals surface area contributed by atoms with E-state index in [4.69, 9.17) is 23.2 Å². The van der Waals surface area contributed by atoms with Crippen molar-refractivity contribution in [3.8, 4) is 0 Å². The van der Waals surface area contributed by atoms with Gasteiger partial charge in [-0.3, -0.25) is 10.1 Å². The van der Waals surface area contributed by atoms with Crippen LogP contribution in [0.25, 0.3) is 0 Å². The molecule has 0 saturated carbocycles. The first-order valence-corrected chi connectivity index (χ1v) is 7.30. The molecule has 0 aromatic heterocycles. The smallest absolute Gasteiger partial charge is 0.294 e. The predicted octanol–water partition coefficient (Wildman–Crippen LogP) is 3.34. The molecule has 1 N–H and O–H groups in total. The van der Waals surface area contributed by atoms with Crippen LogP contribution in [0.5, 0.6) is 0 Å². The molecule has 1 heterocycles. The minimum atomic E-state index is -0.423. The van der Waals surface area contributed by atoms with E-state index in [1.165, 1.54) is 6.07 Å². The van der Waals surface area contributed by atoms with E-state index in [0.29, 0.717) is 16.6 Å². The lowest BCUT2D eigenvalue weighted by Gasteiger charge is -2.28. The topological polar surface area (TPSA) is 58.4 Å². The van der Waals surface area contributed by atoms with Crippen molar-refractivity contribution >= 4 is 34.6 Å². The zero-order chi connectivity index (χ0) is 14.7. The van der Waals surface area contributed by atoms with Gasteiger partial charge in [0.1, 0.15) is 5.69 Å². The largest absolute Gasteiger partial charge is 0.369 e. The Hall–Kier alpha value is -1.04. The summed E-state index contributed by atoms with van der Waals surface area (Å²) in [5.41, 5.74) is 0.501. The van der Waals surface area contributed by atoms with Crippen LogP contribution in [0.3, 0.4) is 0 Å². The molecule has 0 radical (unpaired) electrons. The first-order valence-electron chi connectivity index (χ1n) is 6.54. The maximum absolute atomic E-state index is 11.1. The van der Waals surface area contributed by atoms with E-state index >= 15 is 0 Å². The highest BCUT2D eigenvalue weighted by Gasteiger charge is 2.22. The van der Waals surface area contributed by atoms with Crippen molar-refractivity contribution in [3.05, 3.63) is 32.3 Å². The third kappa shape index (κ3) is 3.53. The Balaban J connectivity index is 2.21. The van der Waals surface area contributed by atoms with Crippen molar-refractivity contribution in [1.82, 2.24) is 5.32 Å². The average molecular weight is 318 g/mol. The molecule has 20 heavy (non-hydrogen) atoms. The fourth-order valence-electron chi connectivity index (χ4n) is 2.54. The lowest BCUT2D eigenvalue weighted by atomic mass is 9.99. The molecular weight excluding hydrogens is 301 g/mol. The van der Waals surface area contributed by atoms with Gasteiger partial charge in [0.05, 0.1) is 15.0 Å². The lowest BCUT2D eigenvalue weighted by molar-refractivity contribution is -0.384. The number of nitrogens with zero attached hydrogens (tertiary/aromatic N) is 2. The molecule has 0 spiro atoms. The second kappa shape index (κ2) is 6.61. The summed E-state index contributed by atoms with van der Waals surface area (Å²) >= 11 is 11.8. The summed E-state index contributed by atoms with van der Waals surface area (Å²) in [6.07, 6.45) is 2.27. The highest BCUT2D eigenvalue weighted by molar-refractivity contribution is 6.42. The third-order valence-electron chi connectivity index (χ3n) is 3.56. The Labute approximate surface area is 128 Å². The monoisotopic (exact) mass is 317 g/mol. The first kappa shape index (κ1) is 15.4. The molecule has 1 saturated heterocycles. The molecule has 2 rings (SSSR count). The van der Waals surface area contributed by atoms with Crippen molar-refractivity contribution in [2.45, 2.75) is 12.8 Å². The van der Waals surface area contributed by atoms with E-state index in [1.54, 1.807) is 6.07 Å². The fraction of sp³-hybridized carbons (Fsp3) is 0.538. The minimum Gasteiger partial charge on any atom is -0.369 e. The Morgan fingerprint density at radius 2 is 2.15 bits per heavy atom. The zero-order valence-corrected chi connectivity index (χ0v) is 12.7. The van der Waals surface area contributed by atoms with Gasteiger partial charge in [0.15, 0.2) is 0 Å². The van der Waals surface area contributed by atoms with Gasteiger partial charge in [0, 0.05) is 19.7 Å². The summed E-state index contributed by atoms with van der Waals surface area (Å²) in [5, 5.41) is 15.0. The number of rotatable bonds is 4. The number of nitrogens with one attached hydrogen (secondary N) is 1.